The van der Waals surface area contributed by atoms with Crippen molar-refractivity contribution in [2.45, 2.75) is 19.1 Å². The maximum absolute atomic E-state index is 10.6. The van der Waals surface area contributed by atoms with Gasteiger partial charge in [0.1, 0.15) is 5.75 Å². The van der Waals surface area contributed by atoms with E-state index in [4.69, 9.17) is 4.74 Å². The maximum Gasteiger partial charge on any atom is 0.142 e. The molecule has 1 saturated heterocycles. The van der Waals surface area contributed by atoms with Crippen molar-refractivity contribution in [3.63, 3.8) is 0 Å². The predicted molar refractivity (Wildman–Crippen MR) is 105 cm³/mol. The number of rotatable bonds is 5. The normalized spacial score (nSPS) is 17.5. The van der Waals surface area contributed by atoms with Gasteiger partial charge in [0, 0.05) is 32.2 Å². The minimum absolute atomic E-state index is 0. The Bertz CT molecular complexity index is 645. The molecule has 1 aliphatic heterocycles. The molecule has 136 valence electrons. The lowest BCUT2D eigenvalue weighted by Crippen LogP contribution is -2.51. The van der Waals surface area contributed by atoms with Gasteiger partial charge >= 0.3 is 0 Å². The Morgan fingerprint density at radius 1 is 0.920 bits per heavy atom. The summed E-state index contributed by atoms with van der Waals surface area (Å²) in [6.45, 7) is 5.85. The molecule has 2 aromatic rings. The fourth-order valence-electron chi connectivity index (χ4n) is 3.39. The molecule has 1 heterocycles. The highest BCUT2D eigenvalue weighted by atomic mass is 35.5. The molecule has 0 aromatic heterocycles. The van der Waals surface area contributed by atoms with Gasteiger partial charge in [-0.05, 0) is 24.6 Å². The van der Waals surface area contributed by atoms with E-state index in [-0.39, 0.29) is 18.4 Å². The van der Waals surface area contributed by atoms with E-state index in [0.717, 1.165) is 43.2 Å². The molecule has 2 atom stereocenters. The van der Waals surface area contributed by atoms with E-state index in [1.165, 1.54) is 0 Å². The van der Waals surface area contributed by atoms with Crippen LogP contribution in [0.2, 0.25) is 0 Å². The van der Waals surface area contributed by atoms with Crippen LogP contribution >= 0.6 is 12.4 Å². The van der Waals surface area contributed by atoms with E-state index in [1.54, 1.807) is 7.11 Å². The predicted octanol–water partition coefficient (Wildman–Crippen LogP) is 3.36. The van der Waals surface area contributed by atoms with E-state index in [9.17, 15) is 5.11 Å². The quantitative estimate of drug-likeness (QED) is 0.884. The molecule has 0 saturated carbocycles. The number of piperazine rings is 1. The van der Waals surface area contributed by atoms with Gasteiger partial charge in [0.2, 0.25) is 0 Å². The zero-order valence-electron chi connectivity index (χ0n) is 14.8. The number of nitrogens with zero attached hydrogens (tertiary/aromatic N) is 2. The van der Waals surface area contributed by atoms with Gasteiger partial charge < -0.3 is 14.7 Å². The van der Waals surface area contributed by atoms with E-state index in [0.29, 0.717) is 0 Å². The minimum atomic E-state index is -0.455. The minimum Gasteiger partial charge on any atom is -0.495 e. The van der Waals surface area contributed by atoms with Gasteiger partial charge in [-0.1, -0.05) is 42.5 Å². The first-order chi connectivity index (χ1) is 11.7. The van der Waals surface area contributed by atoms with Crippen LogP contribution in [0, 0.1) is 0 Å². The second kappa shape index (κ2) is 9.09. The Morgan fingerprint density at radius 2 is 1.52 bits per heavy atom. The molecule has 0 amide bonds. The van der Waals surface area contributed by atoms with Gasteiger partial charge in [0.15, 0.2) is 0 Å². The Labute approximate surface area is 156 Å². The molecule has 4 nitrogen and oxygen atoms in total. The molecule has 2 aromatic carbocycles. The molecular formula is C20H27ClN2O2. The highest BCUT2D eigenvalue weighted by Crippen LogP contribution is 2.29. The van der Waals surface area contributed by atoms with Crippen molar-refractivity contribution < 1.29 is 9.84 Å². The smallest absolute Gasteiger partial charge is 0.142 e. The first-order valence-corrected chi connectivity index (χ1v) is 8.55. The summed E-state index contributed by atoms with van der Waals surface area (Å²) >= 11 is 0. The molecule has 1 N–H and O–H groups in total. The van der Waals surface area contributed by atoms with Crippen LogP contribution in [0.4, 0.5) is 5.69 Å². The third kappa shape index (κ3) is 4.46. The first-order valence-electron chi connectivity index (χ1n) is 8.55. The van der Waals surface area contributed by atoms with Gasteiger partial charge in [-0.2, -0.15) is 0 Å². The molecule has 0 bridgehead atoms. The topological polar surface area (TPSA) is 35.9 Å². The molecule has 1 fully saturated rings. The Morgan fingerprint density at radius 3 is 2.16 bits per heavy atom. The molecule has 3 rings (SSSR count). The summed E-state index contributed by atoms with van der Waals surface area (Å²) in [5, 5.41) is 10.6. The van der Waals surface area contributed by atoms with E-state index < -0.39 is 6.10 Å². The zero-order chi connectivity index (χ0) is 16.9. The van der Waals surface area contributed by atoms with Crippen molar-refractivity contribution in [1.29, 1.82) is 0 Å². The third-order valence-corrected chi connectivity index (χ3v) is 4.91. The number of anilines is 1. The maximum atomic E-state index is 10.6. The largest absolute Gasteiger partial charge is 0.495 e. The standard InChI is InChI=1S/C20H26N2O2.ClH/c1-16(20(23)17-8-4-3-5-9-17)21-12-14-22(15-13-21)18-10-6-7-11-19(18)24-2;/h3-11,16,20,23H,12-15H2,1-2H3;1H/t16-,20+;/m0./s1. The highest BCUT2D eigenvalue weighted by Gasteiger charge is 2.27. The lowest BCUT2D eigenvalue weighted by Gasteiger charge is -2.40. The van der Waals surface area contributed by atoms with Crippen LogP contribution in [-0.4, -0.2) is 49.3 Å². The van der Waals surface area contributed by atoms with Crippen molar-refractivity contribution >= 4 is 18.1 Å². The lowest BCUT2D eigenvalue weighted by atomic mass is 10.0. The number of ether oxygens (including phenoxy) is 1. The number of benzene rings is 2. The molecule has 0 aliphatic carbocycles. The van der Waals surface area contributed by atoms with Crippen molar-refractivity contribution in [2.75, 3.05) is 38.2 Å². The Kier molecular flexibility index (Phi) is 7.12. The number of aliphatic hydroxyl groups excluding tert-OH is 1. The van der Waals surface area contributed by atoms with Crippen molar-refractivity contribution in [2.24, 2.45) is 0 Å². The average Bonchev–Trinajstić information content (AvgIpc) is 2.67. The fraction of sp³-hybridized carbons (Fsp3) is 0.400. The summed E-state index contributed by atoms with van der Waals surface area (Å²) in [5.41, 5.74) is 2.13. The number of para-hydroxylation sites is 2. The lowest BCUT2D eigenvalue weighted by molar-refractivity contribution is 0.0545. The number of hydrogen-bond acceptors (Lipinski definition) is 4. The summed E-state index contributed by atoms with van der Waals surface area (Å²) in [6.07, 6.45) is -0.455. The SMILES string of the molecule is COc1ccccc1N1CCN([C@@H](C)[C@@H](O)c2ccccc2)CC1.Cl. The summed E-state index contributed by atoms with van der Waals surface area (Å²) in [5.74, 6) is 0.920. The molecule has 0 radical (unpaired) electrons. The van der Waals surface area contributed by atoms with E-state index in [2.05, 4.69) is 22.8 Å². The second-order valence-corrected chi connectivity index (χ2v) is 6.29. The van der Waals surface area contributed by atoms with Crippen molar-refractivity contribution in [3.8, 4) is 5.75 Å². The molecule has 0 spiro atoms. The molecule has 25 heavy (non-hydrogen) atoms. The van der Waals surface area contributed by atoms with Gasteiger partial charge in [0.25, 0.3) is 0 Å². The molecular weight excluding hydrogens is 336 g/mol. The average molecular weight is 363 g/mol. The Hall–Kier alpha value is -1.75. The highest BCUT2D eigenvalue weighted by molar-refractivity contribution is 5.85. The van der Waals surface area contributed by atoms with Crippen LogP contribution in [0.25, 0.3) is 0 Å². The van der Waals surface area contributed by atoms with E-state index >= 15 is 0 Å². The van der Waals surface area contributed by atoms with Crippen molar-refractivity contribution in [3.05, 3.63) is 60.2 Å². The molecule has 0 unspecified atom stereocenters. The fourth-order valence-corrected chi connectivity index (χ4v) is 3.39. The monoisotopic (exact) mass is 362 g/mol. The molecule has 1 aliphatic rings. The van der Waals surface area contributed by atoms with Crippen LogP contribution in [0.1, 0.15) is 18.6 Å². The number of halogens is 1. The van der Waals surface area contributed by atoms with Crippen LogP contribution in [0.5, 0.6) is 5.75 Å². The van der Waals surface area contributed by atoms with Crippen molar-refractivity contribution in [1.82, 2.24) is 4.90 Å². The van der Waals surface area contributed by atoms with Gasteiger partial charge in [-0.25, -0.2) is 0 Å². The Balaban J connectivity index is 0.00000225. The van der Waals surface area contributed by atoms with Gasteiger partial charge in [-0.3, -0.25) is 4.90 Å². The zero-order valence-corrected chi connectivity index (χ0v) is 15.7. The number of hydrogen-bond donors (Lipinski definition) is 1. The first kappa shape index (κ1) is 19.6. The van der Waals surface area contributed by atoms with Crippen LogP contribution < -0.4 is 9.64 Å². The van der Waals surface area contributed by atoms with E-state index in [1.807, 2.05) is 48.5 Å². The second-order valence-electron chi connectivity index (χ2n) is 6.29. The summed E-state index contributed by atoms with van der Waals surface area (Å²) in [7, 11) is 1.72. The number of methoxy groups -OCH3 is 1. The van der Waals surface area contributed by atoms with Crippen LogP contribution in [0.3, 0.4) is 0 Å². The summed E-state index contributed by atoms with van der Waals surface area (Å²) in [6, 6.07) is 18.2. The van der Waals surface area contributed by atoms with Gasteiger partial charge in [-0.15, -0.1) is 12.4 Å². The number of aliphatic hydroxyl groups is 1. The van der Waals surface area contributed by atoms with Crippen LogP contribution in [-0.2, 0) is 0 Å². The third-order valence-electron chi connectivity index (χ3n) is 4.91. The summed E-state index contributed by atoms with van der Waals surface area (Å²) in [4.78, 5) is 4.72. The van der Waals surface area contributed by atoms with Gasteiger partial charge in [0.05, 0.1) is 18.9 Å². The molecule has 5 heteroatoms. The summed E-state index contributed by atoms with van der Waals surface area (Å²) < 4.78 is 5.47. The van der Waals surface area contributed by atoms with Crippen LogP contribution in [0.15, 0.2) is 54.6 Å².